The Bertz CT molecular complexity index is 120. The van der Waals surface area contributed by atoms with Gasteiger partial charge >= 0.3 is 0 Å². The van der Waals surface area contributed by atoms with Gasteiger partial charge in [-0.1, -0.05) is 6.92 Å². The van der Waals surface area contributed by atoms with E-state index in [2.05, 4.69) is 6.92 Å². The summed E-state index contributed by atoms with van der Waals surface area (Å²) in [6.45, 7) is 3.82. The molecule has 3 unspecified atom stereocenters. The summed E-state index contributed by atoms with van der Waals surface area (Å²) in [4.78, 5) is 0. The lowest BCUT2D eigenvalue weighted by Gasteiger charge is -2.36. The minimum Gasteiger partial charge on any atom is -0.390 e. The summed E-state index contributed by atoms with van der Waals surface area (Å²) in [5.74, 6) is 0.565. The van der Waals surface area contributed by atoms with Crippen molar-refractivity contribution in [3.63, 3.8) is 0 Å². The van der Waals surface area contributed by atoms with Gasteiger partial charge in [0.2, 0.25) is 0 Å². The normalized spacial score (nSPS) is 49.2. The van der Waals surface area contributed by atoms with Crippen LogP contribution in [0.15, 0.2) is 0 Å². The summed E-state index contributed by atoms with van der Waals surface area (Å²) in [6.07, 6.45) is 1.99. The molecule has 0 amide bonds. The Labute approximate surface area is 61.9 Å². The monoisotopic (exact) mass is 144 g/mol. The number of hydrogen-bond acceptors (Lipinski definition) is 2. The van der Waals surface area contributed by atoms with Crippen LogP contribution in [0.4, 0.5) is 0 Å². The molecule has 0 bridgehead atoms. The largest absolute Gasteiger partial charge is 0.390 e. The van der Waals surface area contributed by atoms with Gasteiger partial charge in [-0.2, -0.15) is 0 Å². The van der Waals surface area contributed by atoms with Crippen LogP contribution in [0.25, 0.3) is 0 Å². The molecule has 0 spiro atoms. The van der Waals surface area contributed by atoms with Crippen molar-refractivity contribution in [2.45, 2.75) is 44.8 Å². The van der Waals surface area contributed by atoms with Crippen LogP contribution in [-0.2, 0) is 0 Å². The Kier molecular flexibility index (Phi) is 2.02. The molecule has 1 aliphatic rings. The van der Waals surface area contributed by atoms with Crippen LogP contribution in [0.2, 0.25) is 0 Å². The van der Waals surface area contributed by atoms with E-state index in [1.807, 2.05) is 0 Å². The predicted molar refractivity (Wildman–Crippen MR) is 39.6 cm³/mol. The maximum atomic E-state index is 9.51. The third-order valence-corrected chi connectivity index (χ3v) is 2.49. The average molecular weight is 144 g/mol. The molecule has 0 aliphatic heterocycles. The second-order valence-corrected chi connectivity index (χ2v) is 3.75. The van der Waals surface area contributed by atoms with E-state index in [1.165, 1.54) is 0 Å². The third kappa shape index (κ3) is 1.50. The molecule has 2 heteroatoms. The van der Waals surface area contributed by atoms with Crippen molar-refractivity contribution in [1.82, 2.24) is 0 Å². The summed E-state index contributed by atoms with van der Waals surface area (Å²) in [5, 5.41) is 18.9. The van der Waals surface area contributed by atoms with E-state index in [1.54, 1.807) is 6.92 Å². The van der Waals surface area contributed by atoms with E-state index in [0.29, 0.717) is 5.92 Å². The number of rotatable bonds is 0. The SMILES string of the molecule is CC1CCC(C)(O)C(O)C1. The molecule has 2 nitrogen and oxygen atoms in total. The van der Waals surface area contributed by atoms with Crippen LogP contribution in [0, 0.1) is 5.92 Å². The smallest absolute Gasteiger partial charge is 0.0877 e. The minimum atomic E-state index is -0.827. The van der Waals surface area contributed by atoms with Crippen LogP contribution in [-0.4, -0.2) is 21.9 Å². The standard InChI is InChI=1S/C8H16O2/c1-6-3-4-8(2,10)7(9)5-6/h6-7,9-10H,3-5H2,1-2H3. The molecular formula is C8H16O2. The Morgan fingerprint density at radius 3 is 2.50 bits per heavy atom. The van der Waals surface area contributed by atoms with Gasteiger partial charge in [0, 0.05) is 0 Å². The van der Waals surface area contributed by atoms with E-state index in [0.717, 1.165) is 19.3 Å². The van der Waals surface area contributed by atoms with E-state index >= 15 is 0 Å². The number of hydrogen-bond donors (Lipinski definition) is 2. The maximum absolute atomic E-state index is 9.51. The van der Waals surface area contributed by atoms with Crippen molar-refractivity contribution in [3.8, 4) is 0 Å². The van der Waals surface area contributed by atoms with E-state index in [-0.39, 0.29) is 0 Å². The van der Waals surface area contributed by atoms with Crippen LogP contribution < -0.4 is 0 Å². The topological polar surface area (TPSA) is 40.5 Å². The lowest BCUT2D eigenvalue weighted by molar-refractivity contribution is -0.0970. The Morgan fingerprint density at radius 1 is 1.50 bits per heavy atom. The molecule has 1 fully saturated rings. The second kappa shape index (κ2) is 2.51. The first kappa shape index (κ1) is 8.02. The van der Waals surface area contributed by atoms with Crippen LogP contribution in [0.1, 0.15) is 33.1 Å². The van der Waals surface area contributed by atoms with Crippen molar-refractivity contribution < 1.29 is 10.2 Å². The van der Waals surface area contributed by atoms with Gasteiger partial charge in [0.05, 0.1) is 11.7 Å². The predicted octanol–water partition coefficient (Wildman–Crippen LogP) is 0.918. The molecular weight excluding hydrogens is 128 g/mol. The Balaban J connectivity index is 2.52. The highest BCUT2D eigenvalue weighted by molar-refractivity contribution is 4.87. The first-order valence-corrected chi connectivity index (χ1v) is 3.93. The fraction of sp³-hybridized carbons (Fsp3) is 1.00. The van der Waals surface area contributed by atoms with Gasteiger partial charge in [-0.25, -0.2) is 0 Å². The zero-order valence-corrected chi connectivity index (χ0v) is 6.67. The summed E-state index contributed by atoms with van der Waals surface area (Å²) in [6, 6.07) is 0. The molecule has 1 saturated carbocycles. The lowest BCUT2D eigenvalue weighted by Crippen LogP contribution is -2.43. The Hall–Kier alpha value is -0.0800. The quantitative estimate of drug-likeness (QED) is 0.530. The van der Waals surface area contributed by atoms with Gasteiger partial charge in [-0.3, -0.25) is 0 Å². The zero-order valence-electron chi connectivity index (χ0n) is 6.67. The minimum absolute atomic E-state index is 0.517. The van der Waals surface area contributed by atoms with Crippen molar-refractivity contribution in [1.29, 1.82) is 0 Å². The molecule has 10 heavy (non-hydrogen) atoms. The van der Waals surface area contributed by atoms with Gasteiger partial charge in [0.1, 0.15) is 0 Å². The summed E-state index contributed by atoms with van der Waals surface area (Å²) in [5.41, 5.74) is -0.827. The molecule has 1 aliphatic carbocycles. The summed E-state index contributed by atoms with van der Waals surface area (Å²) >= 11 is 0. The van der Waals surface area contributed by atoms with Gasteiger partial charge in [0.25, 0.3) is 0 Å². The van der Waals surface area contributed by atoms with Gasteiger partial charge < -0.3 is 10.2 Å². The Morgan fingerprint density at radius 2 is 2.10 bits per heavy atom. The highest BCUT2D eigenvalue weighted by Crippen LogP contribution is 2.31. The molecule has 0 aromatic carbocycles. The van der Waals surface area contributed by atoms with E-state index in [4.69, 9.17) is 0 Å². The lowest BCUT2D eigenvalue weighted by atomic mass is 9.78. The summed E-state index contributed by atoms with van der Waals surface area (Å²) in [7, 11) is 0. The van der Waals surface area contributed by atoms with Gasteiger partial charge in [-0.05, 0) is 32.1 Å². The van der Waals surface area contributed by atoms with Crippen molar-refractivity contribution in [3.05, 3.63) is 0 Å². The molecule has 2 N–H and O–H groups in total. The molecule has 0 aromatic heterocycles. The molecule has 60 valence electrons. The first-order chi connectivity index (χ1) is 4.52. The average Bonchev–Trinajstić information content (AvgIpc) is 1.81. The zero-order chi connectivity index (χ0) is 7.78. The number of aliphatic hydroxyl groups is 2. The number of aliphatic hydroxyl groups excluding tert-OH is 1. The second-order valence-electron chi connectivity index (χ2n) is 3.75. The highest BCUT2D eigenvalue weighted by atomic mass is 16.3. The fourth-order valence-electron chi connectivity index (χ4n) is 1.46. The molecule has 0 radical (unpaired) electrons. The van der Waals surface area contributed by atoms with E-state index in [9.17, 15) is 10.2 Å². The van der Waals surface area contributed by atoms with Crippen molar-refractivity contribution >= 4 is 0 Å². The molecule has 1 rings (SSSR count). The third-order valence-electron chi connectivity index (χ3n) is 2.49. The van der Waals surface area contributed by atoms with Gasteiger partial charge in [-0.15, -0.1) is 0 Å². The maximum Gasteiger partial charge on any atom is 0.0877 e. The van der Waals surface area contributed by atoms with E-state index < -0.39 is 11.7 Å². The van der Waals surface area contributed by atoms with Gasteiger partial charge in [0.15, 0.2) is 0 Å². The van der Waals surface area contributed by atoms with Crippen LogP contribution in [0.5, 0.6) is 0 Å². The van der Waals surface area contributed by atoms with Crippen molar-refractivity contribution in [2.75, 3.05) is 0 Å². The van der Waals surface area contributed by atoms with Crippen LogP contribution in [0.3, 0.4) is 0 Å². The highest BCUT2D eigenvalue weighted by Gasteiger charge is 2.35. The molecule has 0 heterocycles. The first-order valence-electron chi connectivity index (χ1n) is 3.93. The fourth-order valence-corrected chi connectivity index (χ4v) is 1.46. The summed E-state index contributed by atoms with van der Waals surface area (Å²) < 4.78 is 0. The van der Waals surface area contributed by atoms with Crippen molar-refractivity contribution in [2.24, 2.45) is 5.92 Å². The van der Waals surface area contributed by atoms with Crippen LogP contribution >= 0.6 is 0 Å². The molecule has 0 aromatic rings. The molecule has 0 saturated heterocycles. The molecule has 3 atom stereocenters.